The molecule has 0 amide bonds. The minimum Gasteiger partial charge on any atom is -0.416 e. The van der Waals surface area contributed by atoms with Crippen molar-refractivity contribution in [3.05, 3.63) is 66.2 Å². The summed E-state index contributed by atoms with van der Waals surface area (Å²) < 4.78 is 6.02. The lowest BCUT2D eigenvalue weighted by Crippen LogP contribution is -2.48. The first-order chi connectivity index (χ1) is 11.5. The third-order valence-electron chi connectivity index (χ3n) is 5.20. The van der Waals surface area contributed by atoms with E-state index in [0.29, 0.717) is 0 Å². The Morgan fingerprint density at radius 2 is 1.62 bits per heavy atom. The number of hydrogen-bond acceptors (Lipinski definition) is 1. The van der Waals surface area contributed by atoms with E-state index in [0.717, 1.165) is 17.7 Å². The quantitative estimate of drug-likeness (QED) is 0.674. The van der Waals surface area contributed by atoms with Crippen LogP contribution in [-0.4, -0.2) is 24.2 Å². The van der Waals surface area contributed by atoms with E-state index < -0.39 is 17.1 Å². The second-order valence-electron chi connectivity index (χ2n) is 6.74. The molecule has 0 aliphatic carbocycles. The van der Waals surface area contributed by atoms with Crippen molar-refractivity contribution < 1.29 is 4.43 Å². The van der Waals surface area contributed by atoms with Gasteiger partial charge in [0, 0.05) is 7.11 Å². The summed E-state index contributed by atoms with van der Waals surface area (Å²) in [6, 6.07) is 20.0. The smallest absolute Gasteiger partial charge is 0.223 e. The molecule has 128 valence electrons. The van der Waals surface area contributed by atoms with Crippen LogP contribution < -0.4 is 10.4 Å². The van der Waals surface area contributed by atoms with Gasteiger partial charge >= 0.3 is 0 Å². The molecule has 3 heteroatoms. The Labute approximate surface area is 150 Å². The Kier molecular flexibility index (Phi) is 6.38. The van der Waals surface area contributed by atoms with Crippen molar-refractivity contribution in [1.82, 2.24) is 0 Å². The van der Waals surface area contributed by atoms with E-state index >= 15 is 0 Å². The molecular weight excluding hydrogens is 324 g/mol. The minimum absolute atomic E-state index is 0.739. The summed E-state index contributed by atoms with van der Waals surface area (Å²) in [7, 11) is -0.700. The van der Waals surface area contributed by atoms with Gasteiger partial charge < -0.3 is 4.43 Å². The highest BCUT2D eigenvalue weighted by Crippen LogP contribution is 2.23. The van der Waals surface area contributed by atoms with Gasteiger partial charge in [0.05, 0.1) is 8.80 Å². The largest absolute Gasteiger partial charge is 0.416 e. The van der Waals surface area contributed by atoms with E-state index in [1.165, 1.54) is 21.5 Å². The molecule has 2 aromatic rings. The van der Waals surface area contributed by atoms with Crippen molar-refractivity contribution in [2.24, 2.45) is 0 Å². The second-order valence-corrected chi connectivity index (χ2v) is 14.1. The molecule has 0 heterocycles. The molecule has 0 unspecified atom stereocenters. The molecule has 0 atom stereocenters. The fourth-order valence-electron chi connectivity index (χ4n) is 3.29. The van der Waals surface area contributed by atoms with Gasteiger partial charge in [0.2, 0.25) is 8.32 Å². The maximum absolute atomic E-state index is 6.02. The molecule has 2 aromatic carbocycles. The minimum atomic E-state index is -1.83. The van der Waals surface area contributed by atoms with Gasteiger partial charge in [-0.05, 0) is 34.0 Å². The van der Waals surface area contributed by atoms with E-state index in [1.807, 2.05) is 7.11 Å². The average molecular weight is 355 g/mol. The average Bonchev–Trinajstić information content (AvgIpc) is 2.63. The highest BCUT2D eigenvalue weighted by atomic mass is 28.4. The number of hydrogen-bond donors (Lipinski definition) is 0. The maximum atomic E-state index is 6.02. The Bertz CT molecular complexity index is 677. The molecule has 0 saturated carbocycles. The van der Waals surface area contributed by atoms with E-state index in [2.05, 4.69) is 82.1 Å². The van der Waals surface area contributed by atoms with Crippen molar-refractivity contribution in [2.45, 2.75) is 39.0 Å². The lowest BCUT2D eigenvalue weighted by Gasteiger charge is -2.28. The monoisotopic (exact) mass is 354 g/mol. The molecule has 24 heavy (non-hydrogen) atoms. The summed E-state index contributed by atoms with van der Waals surface area (Å²) in [6.07, 6.45) is 0. The summed E-state index contributed by atoms with van der Waals surface area (Å²) in [5.74, 6) is 0. The lowest BCUT2D eigenvalue weighted by molar-refractivity contribution is 0.405. The molecule has 0 saturated heterocycles. The second kappa shape index (κ2) is 8.10. The van der Waals surface area contributed by atoms with Gasteiger partial charge in [-0.25, -0.2) is 0 Å². The van der Waals surface area contributed by atoms with Crippen LogP contribution in [0, 0.1) is 0 Å². The molecule has 0 spiro atoms. The Morgan fingerprint density at radius 1 is 1.00 bits per heavy atom. The molecule has 0 aromatic heterocycles. The van der Waals surface area contributed by atoms with Crippen molar-refractivity contribution in [3.63, 3.8) is 0 Å². The molecule has 0 fully saturated rings. The lowest BCUT2D eigenvalue weighted by atomic mass is 10.00. The highest BCUT2D eigenvalue weighted by Gasteiger charge is 2.32. The molecular formula is C21H30OSi2. The van der Waals surface area contributed by atoms with Crippen molar-refractivity contribution in [1.29, 1.82) is 0 Å². The van der Waals surface area contributed by atoms with Crippen LogP contribution in [0.3, 0.4) is 0 Å². The zero-order valence-corrected chi connectivity index (χ0v) is 17.9. The molecule has 0 N–H and O–H groups in total. The third kappa shape index (κ3) is 3.80. The van der Waals surface area contributed by atoms with Crippen LogP contribution in [0.5, 0.6) is 0 Å². The van der Waals surface area contributed by atoms with Crippen LogP contribution in [-0.2, 0) is 4.43 Å². The van der Waals surface area contributed by atoms with E-state index in [9.17, 15) is 0 Å². The zero-order chi connectivity index (χ0) is 17.7. The topological polar surface area (TPSA) is 9.23 Å². The first-order valence-corrected chi connectivity index (χ1v) is 14.1. The molecule has 0 aliphatic heterocycles. The van der Waals surface area contributed by atoms with Gasteiger partial charge in [0.1, 0.15) is 0 Å². The van der Waals surface area contributed by atoms with Gasteiger partial charge in [-0.2, -0.15) is 0 Å². The van der Waals surface area contributed by atoms with E-state index in [1.54, 1.807) is 0 Å². The van der Waals surface area contributed by atoms with Gasteiger partial charge in [-0.15, -0.1) is 0 Å². The van der Waals surface area contributed by atoms with Gasteiger partial charge in [0.15, 0.2) is 0 Å². The number of benzene rings is 2. The fraction of sp³-hybridized carbons (Fsp3) is 0.333. The summed E-state index contributed by atoms with van der Waals surface area (Å²) in [6.45, 7) is 13.6. The van der Waals surface area contributed by atoms with Crippen molar-refractivity contribution in [2.75, 3.05) is 7.11 Å². The van der Waals surface area contributed by atoms with E-state index in [4.69, 9.17) is 4.43 Å². The summed E-state index contributed by atoms with van der Waals surface area (Å²) in [4.78, 5) is 0. The Morgan fingerprint density at radius 3 is 2.12 bits per heavy atom. The molecule has 1 nitrogen and oxygen atoms in total. The Balaban J connectivity index is 2.35. The van der Waals surface area contributed by atoms with Crippen LogP contribution in [0.25, 0.3) is 5.57 Å². The maximum Gasteiger partial charge on any atom is 0.223 e. The highest BCUT2D eigenvalue weighted by molar-refractivity contribution is 6.86. The number of rotatable bonds is 7. The summed E-state index contributed by atoms with van der Waals surface area (Å²) in [5.41, 5.74) is 3.51. The Hall–Kier alpha value is -1.43. The van der Waals surface area contributed by atoms with Crippen molar-refractivity contribution >= 4 is 33.1 Å². The first-order valence-electron chi connectivity index (χ1n) is 8.92. The van der Waals surface area contributed by atoms with Crippen LogP contribution in [0.2, 0.25) is 25.2 Å². The SMILES string of the molecule is C=C(c1ccc([SiH](C)C)cc1)c1cccc([Si](CC)(CC)OC)c1. The molecule has 0 bridgehead atoms. The van der Waals surface area contributed by atoms with E-state index in [-0.39, 0.29) is 0 Å². The third-order valence-corrected chi connectivity index (χ3v) is 11.3. The first kappa shape index (κ1) is 18.9. The molecule has 0 radical (unpaired) electrons. The van der Waals surface area contributed by atoms with Crippen LogP contribution in [0.1, 0.15) is 25.0 Å². The summed E-state index contributed by atoms with van der Waals surface area (Å²) in [5, 5.41) is 2.88. The van der Waals surface area contributed by atoms with Gasteiger partial charge in [0.25, 0.3) is 0 Å². The molecule has 0 aliphatic rings. The predicted octanol–water partition coefficient (Wildman–Crippen LogP) is 4.28. The normalized spacial score (nSPS) is 11.8. The van der Waals surface area contributed by atoms with Gasteiger partial charge in [-0.1, -0.05) is 87.2 Å². The standard InChI is InChI=1S/C21H30OSi2/c1-7-24(8-2,22-4)21-11-9-10-19(16-21)17(3)18-12-14-20(15-13-18)23(5)6/h9-16,23H,3,7-8H2,1-2,4-6H3. The van der Waals surface area contributed by atoms with Crippen LogP contribution in [0.15, 0.2) is 55.1 Å². The van der Waals surface area contributed by atoms with Gasteiger partial charge in [-0.3, -0.25) is 0 Å². The van der Waals surface area contributed by atoms with Crippen LogP contribution >= 0.6 is 0 Å². The molecule has 2 rings (SSSR count). The summed E-state index contributed by atoms with van der Waals surface area (Å²) >= 11 is 0. The fourth-order valence-corrected chi connectivity index (χ4v) is 7.20. The predicted molar refractivity (Wildman–Crippen MR) is 113 cm³/mol. The zero-order valence-electron chi connectivity index (χ0n) is 15.7. The van der Waals surface area contributed by atoms with Crippen LogP contribution in [0.4, 0.5) is 0 Å². The van der Waals surface area contributed by atoms with Crippen molar-refractivity contribution in [3.8, 4) is 0 Å².